The van der Waals surface area contributed by atoms with Crippen LogP contribution in [0, 0.1) is 6.92 Å². The molecule has 0 fully saturated rings. The summed E-state index contributed by atoms with van der Waals surface area (Å²) < 4.78 is 0. The van der Waals surface area contributed by atoms with Crippen molar-refractivity contribution in [3.05, 3.63) is 29.3 Å². The Balaban J connectivity index is 1.95. The fourth-order valence-electron chi connectivity index (χ4n) is 3.31. The van der Waals surface area contributed by atoms with Gasteiger partial charge in [0.15, 0.2) is 5.78 Å². The number of carbonyl (C=O) groups is 1. The lowest BCUT2D eigenvalue weighted by molar-refractivity contribution is 0.0976. The largest absolute Gasteiger partial charge is 0.507 e. The molecule has 0 unspecified atom stereocenters. The van der Waals surface area contributed by atoms with E-state index in [2.05, 4.69) is 6.92 Å². The van der Waals surface area contributed by atoms with E-state index >= 15 is 0 Å². The van der Waals surface area contributed by atoms with E-state index in [1.54, 1.807) is 12.1 Å². The van der Waals surface area contributed by atoms with E-state index in [0.29, 0.717) is 12.0 Å². The van der Waals surface area contributed by atoms with Gasteiger partial charge < -0.3 is 5.11 Å². The number of hydrogen-bond acceptors (Lipinski definition) is 2. The number of phenolic OH excluding ortho intramolecular Hbond substituents is 1. The molecule has 0 heterocycles. The molecular formula is C23H38O2. The molecule has 0 aliphatic heterocycles. The Labute approximate surface area is 155 Å². The quantitative estimate of drug-likeness (QED) is 0.266. The van der Waals surface area contributed by atoms with Gasteiger partial charge in [0.25, 0.3) is 0 Å². The second-order valence-corrected chi connectivity index (χ2v) is 7.44. The van der Waals surface area contributed by atoms with Crippen molar-refractivity contribution in [1.29, 1.82) is 0 Å². The van der Waals surface area contributed by atoms with Crippen molar-refractivity contribution >= 4 is 5.78 Å². The molecule has 1 aromatic carbocycles. The Bertz CT molecular complexity index is 479. The highest BCUT2D eigenvalue weighted by molar-refractivity contribution is 5.98. The number of carbonyl (C=O) groups excluding carboxylic acids is 1. The summed E-state index contributed by atoms with van der Waals surface area (Å²) in [4.78, 5) is 12.2. The minimum absolute atomic E-state index is 0.0734. The molecule has 1 N–H and O–H groups in total. The number of phenols is 1. The van der Waals surface area contributed by atoms with Crippen LogP contribution in [0.3, 0.4) is 0 Å². The third-order valence-electron chi connectivity index (χ3n) is 4.96. The lowest BCUT2D eigenvalue weighted by Crippen LogP contribution is -2.00. The normalized spacial score (nSPS) is 11.0. The second kappa shape index (κ2) is 13.9. The van der Waals surface area contributed by atoms with E-state index in [1.165, 1.54) is 70.6 Å². The van der Waals surface area contributed by atoms with Crippen LogP contribution >= 0.6 is 0 Å². The summed E-state index contributed by atoms with van der Waals surface area (Å²) in [5.74, 6) is 0.189. The lowest BCUT2D eigenvalue weighted by atomic mass is 10.0. The highest BCUT2D eigenvalue weighted by atomic mass is 16.3. The van der Waals surface area contributed by atoms with E-state index in [4.69, 9.17) is 0 Å². The summed E-state index contributed by atoms with van der Waals surface area (Å²) in [5, 5.41) is 9.79. The number of hydrogen-bond donors (Lipinski definition) is 1. The van der Waals surface area contributed by atoms with E-state index in [1.807, 2.05) is 13.0 Å². The molecule has 142 valence electrons. The van der Waals surface area contributed by atoms with Crippen LogP contribution in [0.2, 0.25) is 0 Å². The first-order valence-electron chi connectivity index (χ1n) is 10.5. The van der Waals surface area contributed by atoms with Gasteiger partial charge >= 0.3 is 0 Å². The van der Waals surface area contributed by atoms with Gasteiger partial charge in [-0.15, -0.1) is 0 Å². The third kappa shape index (κ3) is 10.3. The zero-order valence-electron chi connectivity index (χ0n) is 16.5. The summed E-state index contributed by atoms with van der Waals surface area (Å²) in [5.41, 5.74) is 1.51. The minimum Gasteiger partial charge on any atom is -0.507 e. The van der Waals surface area contributed by atoms with Gasteiger partial charge in [-0.3, -0.25) is 4.79 Å². The van der Waals surface area contributed by atoms with E-state index in [9.17, 15) is 9.90 Å². The van der Waals surface area contributed by atoms with Crippen molar-refractivity contribution in [1.82, 2.24) is 0 Å². The van der Waals surface area contributed by atoms with Crippen LogP contribution in [-0.2, 0) is 0 Å². The predicted molar refractivity (Wildman–Crippen MR) is 107 cm³/mol. The van der Waals surface area contributed by atoms with E-state index in [-0.39, 0.29) is 11.5 Å². The first-order valence-corrected chi connectivity index (χ1v) is 10.5. The molecule has 0 aliphatic carbocycles. The Morgan fingerprint density at radius 2 is 1.28 bits per heavy atom. The molecule has 0 saturated carbocycles. The Morgan fingerprint density at radius 1 is 0.800 bits per heavy atom. The molecule has 2 nitrogen and oxygen atoms in total. The molecular weight excluding hydrogens is 308 g/mol. The molecule has 2 heteroatoms. The second-order valence-electron chi connectivity index (χ2n) is 7.44. The molecule has 25 heavy (non-hydrogen) atoms. The van der Waals surface area contributed by atoms with Gasteiger partial charge in [0.2, 0.25) is 0 Å². The number of benzene rings is 1. The molecule has 1 aromatic rings. The van der Waals surface area contributed by atoms with Crippen LogP contribution in [0.1, 0.15) is 113 Å². The molecule has 0 amide bonds. The molecule has 0 spiro atoms. The van der Waals surface area contributed by atoms with Crippen LogP contribution < -0.4 is 0 Å². The monoisotopic (exact) mass is 346 g/mol. The number of aromatic hydroxyl groups is 1. The SMILES string of the molecule is CCCCCCCCCCCCCCCC(=O)c1cc(C)ccc1O. The summed E-state index contributed by atoms with van der Waals surface area (Å²) >= 11 is 0. The van der Waals surface area contributed by atoms with Crippen molar-refractivity contribution in [3.8, 4) is 5.75 Å². The zero-order valence-corrected chi connectivity index (χ0v) is 16.5. The predicted octanol–water partition coefficient (Wildman–Crippen LogP) is 7.36. The van der Waals surface area contributed by atoms with Crippen molar-refractivity contribution in [3.63, 3.8) is 0 Å². The van der Waals surface area contributed by atoms with Crippen LogP contribution in [0.25, 0.3) is 0 Å². The fourth-order valence-corrected chi connectivity index (χ4v) is 3.31. The third-order valence-corrected chi connectivity index (χ3v) is 4.96. The molecule has 0 aliphatic rings. The molecule has 0 aromatic heterocycles. The number of Topliss-reactive ketones (excluding diaryl/α,β-unsaturated/α-hetero) is 1. The van der Waals surface area contributed by atoms with Gasteiger partial charge in [-0.05, 0) is 25.5 Å². The maximum Gasteiger partial charge on any atom is 0.166 e. The van der Waals surface area contributed by atoms with E-state index < -0.39 is 0 Å². The summed E-state index contributed by atoms with van der Waals surface area (Å²) in [7, 11) is 0. The van der Waals surface area contributed by atoms with Crippen molar-refractivity contribution < 1.29 is 9.90 Å². The summed E-state index contributed by atoms with van der Waals surface area (Å²) in [6.45, 7) is 4.21. The zero-order chi connectivity index (χ0) is 18.3. The number of aryl methyl sites for hydroxylation is 1. The smallest absolute Gasteiger partial charge is 0.166 e. The van der Waals surface area contributed by atoms with Gasteiger partial charge in [-0.1, -0.05) is 95.6 Å². The maximum absolute atomic E-state index is 12.2. The van der Waals surface area contributed by atoms with Gasteiger partial charge in [0, 0.05) is 6.42 Å². The number of unbranched alkanes of at least 4 members (excludes halogenated alkanes) is 12. The average Bonchev–Trinajstić information content (AvgIpc) is 2.61. The van der Waals surface area contributed by atoms with Gasteiger partial charge in [-0.25, -0.2) is 0 Å². The molecule has 0 bridgehead atoms. The lowest BCUT2D eigenvalue weighted by Gasteiger charge is -2.05. The number of ketones is 1. The molecule has 0 atom stereocenters. The van der Waals surface area contributed by atoms with Crippen molar-refractivity contribution in [2.45, 2.75) is 104 Å². The fraction of sp³-hybridized carbons (Fsp3) is 0.696. The topological polar surface area (TPSA) is 37.3 Å². The summed E-state index contributed by atoms with van der Waals surface area (Å²) in [6, 6.07) is 5.24. The molecule has 0 radical (unpaired) electrons. The first kappa shape index (κ1) is 21.7. The van der Waals surface area contributed by atoms with Crippen LogP contribution in [0.15, 0.2) is 18.2 Å². The van der Waals surface area contributed by atoms with Crippen LogP contribution in [0.5, 0.6) is 5.75 Å². The van der Waals surface area contributed by atoms with E-state index in [0.717, 1.165) is 18.4 Å². The molecule has 1 rings (SSSR count). The first-order chi connectivity index (χ1) is 12.1. The minimum atomic E-state index is 0.0734. The standard InChI is InChI=1S/C23H38O2/c1-3-4-5-6-7-8-9-10-11-12-13-14-15-16-22(24)21-19-20(2)17-18-23(21)25/h17-19,25H,3-16H2,1-2H3. The van der Waals surface area contributed by atoms with Crippen molar-refractivity contribution in [2.24, 2.45) is 0 Å². The number of rotatable bonds is 15. The van der Waals surface area contributed by atoms with Crippen LogP contribution in [0.4, 0.5) is 0 Å². The Kier molecular flexibility index (Phi) is 12.1. The highest BCUT2D eigenvalue weighted by Crippen LogP contribution is 2.21. The van der Waals surface area contributed by atoms with Crippen LogP contribution in [-0.4, -0.2) is 10.9 Å². The van der Waals surface area contributed by atoms with Gasteiger partial charge in [0.1, 0.15) is 5.75 Å². The summed E-state index contributed by atoms with van der Waals surface area (Å²) in [6.07, 6.45) is 17.6. The maximum atomic E-state index is 12.2. The van der Waals surface area contributed by atoms with Gasteiger partial charge in [-0.2, -0.15) is 0 Å². The highest BCUT2D eigenvalue weighted by Gasteiger charge is 2.10. The average molecular weight is 347 g/mol. The molecule has 0 saturated heterocycles. The Hall–Kier alpha value is -1.31. The van der Waals surface area contributed by atoms with Crippen molar-refractivity contribution in [2.75, 3.05) is 0 Å². The Morgan fingerprint density at radius 3 is 1.80 bits per heavy atom. The van der Waals surface area contributed by atoms with Gasteiger partial charge in [0.05, 0.1) is 5.56 Å².